The zero-order valence-electron chi connectivity index (χ0n) is 14.2. The molecule has 1 N–H and O–H groups in total. The van der Waals surface area contributed by atoms with E-state index in [-0.39, 0.29) is 24.8 Å². The van der Waals surface area contributed by atoms with Crippen molar-refractivity contribution in [2.24, 2.45) is 5.92 Å². The number of rotatable bonds is 5. The van der Waals surface area contributed by atoms with E-state index < -0.39 is 26.9 Å². The van der Waals surface area contributed by atoms with Crippen LogP contribution < -0.4 is 28.1 Å². The Balaban J connectivity index is 0. The summed E-state index contributed by atoms with van der Waals surface area (Å²) in [5, 5.41) is 0. The van der Waals surface area contributed by atoms with Crippen LogP contribution >= 0.6 is 0 Å². The molecule has 1 aliphatic rings. The molecule has 0 saturated carbocycles. The molecule has 1 aliphatic carbocycles. The zero-order valence-corrected chi connectivity index (χ0v) is 20.5. The summed E-state index contributed by atoms with van der Waals surface area (Å²) in [6.45, 7) is 19.3. The van der Waals surface area contributed by atoms with Gasteiger partial charge in [0.15, 0.2) is 0 Å². The van der Waals surface area contributed by atoms with Gasteiger partial charge in [0.2, 0.25) is 0 Å². The number of allylic oxidation sites excluding steroid dienone is 4. The van der Waals surface area contributed by atoms with E-state index in [0.29, 0.717) is 0 Å². The summed E-state index contributed by atoms with van der Waals surface area (Å²) in [4.78, 5) is 0. The molecule has 0 spiro atoms. The standard InChI is InChI=1S/C9H13.C4H10N.C2H7Si.2ClH.Hf/c1-6-5-7(2)9(4)8(6)3;1-3-4(2)5;1-3-2;;;/h6H,1-4H3;4-5H,3H2,1-2H3;3H,1-2H3;2*1H;/q;-1;;;;+3/p-2. The van der Waals surface area contributed by atoms with E-state index in [0.717, 1.165) is 12.0 Å². The number of nitrogens with one attached hydrogen (secondary N) is 1. The zero-order chi connectivity index (χ0) is 14.0. The van der Waals surface area contributed by atoms with Gasteiger partial charge in [0.25, 0.3) is 0 Å². The first-order valence-corrected chi connectivity index (χ1v) is 20.0. The van der Waals surface area contributed by atoms with Gasteiger partial charge in [-0.3, -0.25) is 0 Å². The van der Waals surface area contributed by atoms with Gasteiger partial charge >= 0.3 is 123 Å². The molecule has 0 aromatic carbocycles. The molecule has 0 saturated heterocycles. The van der Waals surface area contributed by atoms with Crippen molar-refractivity contribution in [2.45, 2.75) is 67.1 Å². The Hall–Kier alpha value is 1.11. The average Bonchev–Trinajstić information content (AvgIpc) is 2.51. The molecule has 0 radical (unpaired) electrons. The molecule has 1 nitrogen and oxygen atoms in total. The summed E-state index contributed by atoms with van der Waals surface area (Å²) in [7, 11) is 0. The van der Waals surface area contributed by atoms with Gasteiger partial charge in [-0.2, -0.15) is 0 Å². The van der Waals surface area contributed by atoms with Crippen LogP contribution in [0.5, 0.6) is 0 Å². The molecule has 0 aromatic heterocycles. The normalized spacial score (nSPS) is 19.9. The molecule has 2 atom stereocenters. The first kappa shape index (κ1) is 23.4. The molecule has 20 heavy (non-hydrogen) atoms. The predicted molar refractivity (Wildman–Crippen MR) is 82.0 cm³/mol. The Morgan fingerprint density at radius 1 is 1.15 bits per heavy atom. The van der Waals surface area contributed by atoms with Crippen molar-refractivity contribution in [1.29, 1.82) is 0 Å². The van der Waals surface area contributed by atoms with E-state index in [9.17, 15) is 0 Å². The summed E-state index contributed by atoms with van der Waals surface area (Å²) in [5.74, 6) is 0.212. The van der Waals surface area contributed by atoms with Crippen molar-refractivity contribution in [1.82, 2.24) is 3.30 Å². The second-order valence-electron chi connectivity index (χ2n) is 6.09. The van der Waals surface area contributed by atoms with Crippen LogP contribution in [0.15, 0.2) is 20.0 Å². The Morgan fingerprint density at radius 3 is 1.95 bits per heavy atom. The fraction of sp³-hybridized carbons (Fsp3) is 0.733. The molecular formula is C15H30Cl2HfNSi. The van der Waals surface area contributed by atoms with Crippen LogP contribution in [0.2, 0.25) is 13.1 Å². The molecule has 2 unspecified atom stereocenters. The molecule has 1 rings (SSSR count). The minimum atomic E-state index is -1.73. The Labute approximate surface area is 147 Å². The maximum absolute atomic E-state index is 4.10. The van der Waals surface area contributed by atoms with E-state index in [2.05, 4.69) is 57.9 Å². The van der Waals surface area contributed by atoms with Crippen LogP contribution in [0.25, 0.3) is 0 Å². The molecule has 0 heterocycles. The average molecular weight is 502 g/mol. The van der Waals surface area contributed by atoms with E-state index >= 15 is 0 Å². The van der Waals surface area contributed by atoms with Crippen molar-refractivity contribution < 1.29 is 45.7 Å². The fourth-order valence-corrected chi connectivity index (χ4v) is 27.9. The van der Waals surface area contributed by atoms with Gasteiger partial charge in [0, 0.05) is 0 Å². The number of hydrogen-bond acceptors (Lipinski definition) is 1. The quantitative estimate of drug-likeness (QED) is 0.437. The maximum atomic E-state index is 4.10. The van der Waals surface area contributed by atoms with E-state index in [4.69, 9.17) is 0 Å². The molecule has 0 fully saturated rings. The summed E-state index contributed by atoms with van der Waals surface area (Å²) < 4.78 is 6.00. The van der Waals surface area contributed by atoms with Crippen LogP contribution in [0, 0.1) is 5.92 Å². The summed E-state index contributed by atoms with van der Waals surface area (Å²) in [6.07, 6.45) is 1.27. The molecular weight excluding hydrogens is 472 g/mol. The van der Waals surface area contributed by atoms with Gasteiger partial charge < -0.3 is 24.8 Å². The van der Waals surface area contributed by atoms with E-state index in [1.165, 1.54) is 6.42 Å². The van der Waals surface area contributed by atoms with Crippen molar-refractivity contribution in [2.75, 3.05) is 0 Å². The van der Waals surface area contributed by atoms with Crippen LogP contribution in [0.1, 0.15) is 48.0 Å². The second kappa shape index (κ2) is 9.99. The Morgan fingerprint density at radius 2 is 1.65 bits per heavy atom. The van der Waals surface area contributed by atoms with Gasteiger partial charge in [-0.25, -0.2) is 0 Å². The SMILES string of the molecule is CCC(C)[NH][Hf+2]([C]1=C(C)C(C)=C(C)C1C)[SiH](C)C.[Cl-].[Cl-]. The van der Waals surface area contributed by atoms with Crippen LogP contribution in [-0.2, 0) is 20.9 Å². The van der Waals surface area contributed by atoms with Crippen molar-refractivity contribution in [3.63, 3.8) is 0 Å². The first-order valence-electron chi connectivity index (χ1n) is 7.33. The number of hydrogen-bond donors (Lipinski definition) is 1. The van der Waals surface area contributed by atoms with Crippen LogP contribution in [0.4, 0.5) is 0 Å². The van der Waals surface area contributed by atoms with Gasteiger partial charge in [-0.1, -0.05) is 0 Å². The van der Waals surface area contributed by atoms with Gasteiger partial charge in [-0.15, -0.1) is 0 Å². The van der Waals surface area contributed by atoms with Gasteiger partial charge in [-0.05, 0) is 0 Å². The molecule has 0 amide bonds. The third-order valence-electron chi connectivity index (χ3n) is 4.52. The molecule has 117 valence electrons. The predicted octanol–water partition coefficient (Wildman–Crippen LogP) is -1.84. The second-order valence-corrected chi connectivity index (χ2v) is 31.5. The third kappa shape index (κ3) is 5.08. The minimum absolute atomic E-state index is 0. The van der Waals surface area contributed by atoms with Crippen molar-refractivity contribution in [3.05, 3.63) is 20.0 Å². The molecule has 0 aromatic rings. The summed E-state index contributed by atoms with van der Waals surface area (Å²) in [6, 6.07) is 0.718. The Bertz CT molecular complexity index is 380. The van der Waals surface area contributed by atoms with Crippen LogP contribution in [-0.4, -0.2) is 12.0 Å². The maximum Gasteiger partial charge on any atom is -1.00 e. The van der Waals surface area contributed by atoms with E-state index in [1.807, 2.05) is 3.33 Å². The molecule has 0 bridgehead atoms. The molecule has 5 heteroatoms. The number of halogens is 2. The summed E-state index contributed by atoms with van der Waals surface area (Å²) >= 11 is -1.73. The van der Waals surface area contributed by atoms with E-state index in [1.54, 1.807) is 16.7 Å². The summed E-state index contributed by atoms with van der Waals surface area (Å²) in [5.41, 5.74) is 4.87. The third-order valence-corrected chi connectivity index (χ3v) is 29.9. The van der Waals surface area contributed by atoms with Gasteiger partial charge in [0.05, 0.1) is 0 Å². The first-order chi connectivity index (χ1) is 8.31. The minimum Gasteiger partial charge on any atom is -1.00 e. The smallest absolute Gasteiger partial charge is 1.00 e. The monoisotopic (exact) mass is 502 g/mol. The largest absolute Gasteiger partial charge is 1.00 e. The fourth-order valence-electron chi connectivity index (χ4n) is 2.72. The Kier molecular flexibility index (Phi) is 11.7. The van der Waals surface area contributed by atoms with Crippen molar-refractivity contribution in [3.8, 4) is 0 Å². The van der Waals surface area contributed by atoms with Crippen LogP contribution in [0.3, 0.4) is 0 Å². The topological polar surface area (TPSA) is 12.0 Å². The molecule has 0 aliphatic heterocycles. The van der Waals surface area contributed by atoms with Gasteiger partial charge in [0.1, 0.15) is 0 Å². The van der Waals surface area contributed by atoms with Crippen molar-refractivity contribution >= 4 is 5.98 Å².